The zero-order valence-corrected chi connectivity index (χ0v) is 33.8. The third-order valence-corrected chi connectivity index (χ3v) is 14.0. The minimum absolute atomic E-state index is 0.264. The Kier molecular flexibility index (Phi) is 8.16. The van der Waals surface area contributed by atoms with E-state index in [1.165, 1.54) is 5.56 Å². The number of hydrogen-bond acceptors (Lipinski definition) is 5. The molecule has 0 radical (unpaired) electrons. The predicted molar refractivity (Wildman–Crippen MR) is 241 cm³/mol. The molecule has 0 atom stereocenters. The number of fused-ring (bicyclic) bond motifs is 12. The summed E-state index contributed by atoms with van der Waals surface area (Å²) in [5.41, 5.74) is 14.7. The van der Waals surface area contributed by atoms with Gasteiger partial charge in [0.15, 0.2) is 5.82 Å². The number of nitrogens with zero attached hydrogens (tertiary/aromatic N) is 3. The molecule has 0 saturated heterocycles. The number of aromatic nitrogens is 3. The van der Waals surface area contributed by atoms with Gasteiger partial charge in [-0.2, -0.15) is 0 Å². The quantitative estimate of drug-likeness (QED) is 0.178. The van der Waals surface area contributed by atoms with Crippen LogP contribution in [0.15, 0.2) is 198 Å². The van der Waals surface area contributed by atoms with Crippen LogP contribution in [0.3, 0.4) is 0 Å². The van der Waals surface area contributed by atoms with Gasteiger partial charge in [0.05, 0.1) is 21.2 Å². The minimum Gasteiger partial charge on any atom is -0.264 e. The maximum atomic E-state index is 15.7. The van der Waals surface area contributed by atoms with Gasteiger partial charge in [0.1, 0.15) is 0 Å². The third-order valence-electron chi connectivity index (χ3n) is 12.2. The molecule has 3 heterocycles. The lowest BCUT2D eigenvalue weighted by Crippen LogP contribution is -2.16. The van der Waals surface area contributed by atoms with Gasteiger partial charge in [-0.25, -0.2) is 18.4 Å². The first-order chi connectivity index (χ1) is 29.3. The first-order valence-corrected chi connectivity index (χ1v) is 21.6. The summed E-state index contributed by atoms with van der Waals surface area (Å²) in [6.45, 7) is 4.37. The Labute approximate surface area is 349 Å². The summed E-state index contributed by atoms with van der Waals surface area (Å²) in [5.74, 6) is 0.522. The zero-order chi connectivity index (χ0) is 40.6. The maximum absolute atomic E-state index is 15.7. The molecule has 1 aliphatic heterocycles. The van der Waals surface area contributed by atoms with Crippen molar-refractivity contribution < 1.29 is 8.42 Å². The van der Waals surface area contributed by atoms with E-state index in [9.17, 15) is 0 Å². The molecular formula is C54H37N3O2S. The highest BCUT2D eigenvalue weighted by Gasteiger charge is 2.39. The van der Waals surface area contributed by atoms with Crippen molar-refractivity contribution >= 4 is 9.84 Å². The van der Waals surface area contributed by atoms with Crippen LogP contribution in [0.2, 0.25) is 0 Å². The van der Waals surface area contributed by atoms with Gasteiger partial charge in [-0.05, 0) is 98.1 Å². The van der Waals surface area contributed by atoms with E-state index in [1.54, 1.807) is 12.3 Å². The Hall–Kier alpha value is -7.28. The second-order valence-corrected chi connectivity index (χ2v) is 17.9. The number of hydrogen-bond donors (Lipinski definition) is 0. The smallest absolute Gasteiger partial charge is 0.207 e. The molecule has 286 valence electrons. The van der Waals surface area contributed by atoms with Gasteiger partial charge in [0.25, 0.3) is 0 Å². The molecule has 11 rings (SSSR count). The van der Waals surface area contributed by atoms with Crippen molar-refractivity contribution in [1.29, 1.82) is 0 Å². The summed E-state index contributed by atoms with van der Waals surface area (Å²) in [4.78, 5) is 15.3. The molecule has 0 unspecified atom stereocenters. The van der Waals surface area contributed by atoms with E-state index < -0.39 is 15.3 Å². The van der Waals surface area contributed by atoms with Crippen molar-refractivity contribution in [2.45, 2.75) is 29.1 Å². The number of sulfone groups is 1. The summed E-state index contributed by atoms with van der Waals surface area (Å²) in [5, 5.41) is 0. The van der Waals surface area contributed by atoms with Crippen molar-refractivity contribution in [1.82, 2.24) is 15.0 Å². The lowest BCUT2D eigenvalue weighted by Gasteiger charge is -2.24. The molecule has 0 fully saturated rings. The van der Waals surface area contributed by atoms with E-state index in [4.69, 9.17) is 9.97 Å². The van der Waals surface area contributed by atoms with Crippen LogP contribution in [-0.4, -0.2) is 23.4 Å². The summed E-state index contributed by atoms with van der Waals surface area (Å²) in [7, 11) is -4.15. The van der Waals surface area contributed by atoms with Crippen LogP contribution in [0.1, 0.15) is 25.0 Å². The van der Waals surface area contributed by atoms with E-state index in [0.29, 0.717) is 17.0 Å². The van der Waals surface area contributed by atoms with Crippen LogP contribution < -0.4 is 0 Å². The predicted octanol–water partition coefficient (Wildman–Crippen LogP) is 13.0. The molecule has 9 aromatic rings. The standard InChI is InChI=1S/C54H37N3O2S/c1-54(2)47-24-12-10-22-42(47)45-30-46-44-29-35(53-56-49(34-15-4-3-5-16-34)32-50(57-53)36-17-14-28-55-33-36)26-27-41(44)39-20-7-6-18-37(39)38-19-8-9-21-40(38)43-23-11-13-25-51(43)60(58,59)52(46)31-48(45)54/h3-33H,1-2H3. The van der Waals surface area contributed by atoms with Gasteiger partial charge >= 0.3 is 0 Å². The molecule has 5 nitrogen and oxygen atoms in total. The Morgan fingerprint density at radius 3 is 1.65 bits per heavy atom. The average Bonchev–Trinajstić information content (AvgIpc) is 3.53. The Morgan fingerprint density at radius 1 is 0.400 bits per heavy atom. The topological polar surface area (TPSA) is 72.8 Å². The van der Waals surface area contributed by atoms with E-state index >= 15 is 8.42 Å². The van der Waals surface area contributed by atoms with Crippen molar-refractivity contribution in [3.63, 3.8) is 0 Å². The molecule has 60 heavy (non-hydrogen) atoms. The lowest BCUT2D eigenvalue weighted by molar-refractivity contribution is 0.596. The van der Waals surface area contributed by atoms with Crippen LogP contribution in [-0.2, 0) is 15.3 Å². The zero-order valence-electron chi connectivity index (χ0n) is 33.0. The fraction of sp³-hybridized carbons (Fsp3) is 0.0556. The van der Waals surface area contributed by atoms with E-state index in [1.807, 2.05) is 97.2 Å². The highest BCUT2D eigenvalue weighted by Crippen LogP contribution is 2.54. The molecule has 0 bridgehead atoms. The summed E-state index contributed by atoms with van der Waals surface area (Å²) < 4.78 is 31.5. The van der Waals surface area contributed by atoms with Crippen LogP contribution in [0.4, 0.5) is 0 Å². The van der Waals surface area contributed by atoms with Crippen molar-refractivity contribution in [2.75, 3.05) is 0 Å². The first kappa shape index (κ1) is 35.8. The van der Waals surface area contributed by atoms with Crippen LogP contribution in [0.5, 0.6) is 0 Å². The molecule has 7 aromatic carbocycles. The number of rotatable bonds is 3. The van der Waals surface area contributed by atoms with Gasteiger partial charge in [-0.3, -0.25) is 4.98 Å². The molecule has 1 aliphatic carbocycles. The van der Waals surface area contributed by atoms with Crippen LogP contribution >= 0.6 is 0 Å². The van der Waals surface area contributed by atoms with E-state index in [2.05, 4.69) is 97.7 Å². The SMILES string of the molecule is CC1(C)c2ccccc2-c2cc3c(cc21)S(=O)(=O)c1ccccc1-c1ccccc1-c1ccccc1-c1ccc(-c2nc(-c4ccccc4)cc(-c4cccnc4)n2)cc1-3. The number of pyridine rings is 1. The van der Waals surface area contributed by atoms with Crippen LogP contribution in [0.25, 0.3) is 89.5 Å². The molecule has 2 aliphatic rings. The highest BCUT2D eigenvalue weighted by molar-refractivity contribution is 7.91. The van der Waals surface area contributed by atoms with Crippen molar-refractivity contribution in [3.05, 3.63) is 199 Å². The Balaban J connectivity index is 1.27. The fourth-order valence-electron chi connectivity index (χ4n) is 9.24. The third kappa shape index (κ3) is 5.59. The average molecular weight is 792 g/mol. The van der Waals surface area contributed by atoms with Crippen molar-refractivity contribution in [3.8, 4) is 89.5 Å². The molecule has 2 aromatic heterocycles. The highest BCUT2D eigenvalue weighted by atomic mass is 32.2. The van der Waals surface area contributed by atoms with E-state index in [0.717, 1.165) is 78.1 Å². The van der Waals surface area contributed by atoms with E-state index in [-0.39, 0.29) is 9.79 Å². The second kappa shape index (κ2) is 13.7. The molecule has 0 spiro atoms. The Bertz CT molecular complexity index is 3250. The molecule has 0 N–H and O–H groups in total. The fourth-order valence-corrected chi connectivity index (χ4v) is 10.9. The lowest BCUT2D eigenvalue weighted by atomic mass is 9.81. The normalized spacial score (nSPS) is 13.9. The number of benzene rings is 7. The molecular weight excluding hydrogens is 755 g/mol. The van der Waals surface area contributed by atoms with Gasteiger partial charge in [-0.15, -0.1) is 0 Å². The van der Waals surface area contributed by atoms with Gasteiger partial charge in [-0.1, -0.05) is 147 Å². The second-order valence-electron chi connectivity index (χ2n) is 16.0. The van der Waals surface area contributed by atoms with Gasteiger partial charge in [0.2, 0.25) is 9.84 Å². The molecule has 6 heteroatoms. The Morgan fingerprint density at radius 2 is 0.967 bits per heavy atom. The van der Waals surface area contributed by atoms with Gasteiger partial charge < -0.3 is 0 Å². The minimum atomic E-state index is -4.15. The first-order valence-electron chi connectivity index (χ1n) is 20.1. The largest absolute Gasteiger partial charge is 0.264 e. The van der Waals surface area contributed by atoms with Crippen LogP contribution in [0, 0.1) is 0 Å². The van der Waals surface area contributed by atoms with Crippen molar-refractivity contribution in [2.24, 2.45) is 0 Å². The van der Waals surface area contributed by atoms with Gasteiger partial charge in [0, 0.05) is 45.6 Å². The molecule has 0 amide bonds. The summed E-state index contributed by atoms with van der Waals surface area (Å²) in [6.07, 6.45) is 3.56. The maximum Gasteiger partial charge on any atom is 0.207 e. The summed E-state index contributed by atoms with van der Waals surface area (Å²) in [6, 6.07) is 58.7. The molecule has 0 saturated carbocycles. The summed E-state index contributed by atoms with van der Waals surface area (Å²) >= 11 is 0. The monoisotopic (exact) mass is 791 g/mol.